The lowest BCUT2D eigenvalue weighted by molar-refractivity contribution is -0.118. The fraction of sp³-hybridized carbons (Fsp3) is 0.536. The number of amides is 1. The van der Waals surface area contributed by atoms with Gasteiger partial charge in [-0.15, -0.1) is 0 Å². The van der Waals surface area contributed by atoms with Gasteiger partial charge in [-0.2, -0.15) is 4.31 Å². The topological polar surface area (TPSA) is 88.2 Å². The van der Waals surface area contributed by atoms with E-state index in [-0.39, 0.29) is 22.8 Å². The molecule has 2 saturated heterocycles. The number of carbonyl (C=O) groups excluding carboxylic acids is 1. The lowest BCUT2D eigenvalue weighted by atomic mass is 9.69. The number of sulfonamides is 1. The molecule has 2 aromatic carbocycles. The molecule has 0 aliphatic carbocycles. The van der Waals surface area contributed by atoms with E-state index in [0.29, 0.717) is 50.0 Å². The number of ether oxygens (including phenoxy) is 2. The minimum absolute atomic E-state index is 0.00787. The van der Waals surface area contributed by atoms with E-state index in [4.69, 9.17) is 9.47 Å². The monoisotopic (exact) mass is 545 g/mol. The highest BCUT2D eigenvalue weighted by Gasteiger charge is 2.49. The second-order valence-electron chi connectivity index (χ2n) is 11.3. The van der Waals surface area contributed by atoms with Crippen molar-refractivity contribution in [3.05, 3.63) is 48.3 Å². The van der Waals surface area contributed by atoms with Crippen molar-refractivity contribution in [1.82, 2.24) is 9.21 Å². The Balaban J connectivity index is 1.20. The first-order chi connectivity index (χ1) is 18.1. The molecule has 1 N–H and O–H groups in total. The summed E-state index contributed by atoms with van der Waals surface area (Å²) in [6, 6.07) is 10.7. The number of carbonyl (C=O) groups is 1. The molecule has 0 bridgehead atoms. The van der Waals surface area contributed by atoms with Crippen LogP contribution in [0.5, 0.6) is 11.5 Å². The van der Waals surface area contributed by atoms with E-state index in [1.807, 2.05) is 26.0 Å². The molecule has 0 atom stereocenters. The van der Waals surface area contributed by atoms with Crippen molar-refractivity contribution in [3.63, 3.8) is 0 Å². The minimum Gasteiger partial charge on any atom is -0.490 e. The minimum atomic E-state index is -3.85. The summed E-state index contributed by atoms with van der Waals surface area (Å²) in [6.07, 6.45) is 4.07. The molecule has 8 nitrogen and oxygen atoms in total. The quantitative estimate of drug-likeness (QED) is 0.604. The molecule has 1 amide bonds. The zero-order valence-corrected chi connectivity index (χ0v) is 22.9. The third-order valence-electron chi connectivity index (χ3n) is 8.12. The summed E-state index contributed by atoms with van der Waals surface area (Å²) < 4.78 is 53.9. The molecule has 2 fully saturated rings. The summed E-state index contributed by atoms with van der Waals surface area (Å²) in [7, 11) is -3.85. The molecule has 3 heterocycles. The van der Waals surface area contributed by atoms with Crippen molar-refractivity contribution in [2.45, 2.75) is 56.4 Å². The molecule has 206 valence electrons. The number of halogens is 1. The van der Waals surface area contributed by atoms with Crippen molar-refractivity contribution in [2.24, 2.45) is 5.41 Å². The van der Waals surface area contributed by atoms with Crippen molar-refractivity contribution in [2.75, 3.05) is 44.7 Å². The van der Waals surface area contributed by atoms with Gasteiger partial charge in [0.25, 0.3) is 0 Å². The Bertz CT molecular complexity index is 1290. The number of hydrogen-bond donors (Lipinski definition) is 1. The van der Waals surface area contributed by atoms with Crippen LogP contribution in [0.1, 0.15) is 46.0 Å². The van der Waals surface area contributed by atoms with E-state index >= 15 is 0 Å². The highest BCUT2D eigenvalue weighted by Crippen LogP contribution is 2.46. The number of piperidine rings is 2. The normalized spacial score (nSPS) is 21.6. The Morgan fingerprint density at radius 2 is 1.74 bits per heavy atom. The molecular weight excluding hydrogens is 509 g/mol. The molecule has 10 heteroatoms. The lowest BCUT2D eigenvalue weighted by Gasteiger charge is -2.53. The Hall–Kier alpha value is -2.69. The fourth-order valence-corrected chi connectivity index (χ4v) is 7.65. The van der Waals surface area contributed by atoms with Gasteiger partial charge in [0.2, 0.25) is 15.9 Å². The maximum absolute atomic E-state index is 13.8. The van der Waals surface area contributed by atoms with Crippen LogP contribution in [0.25, 0.3) is 0 Å². The highest BCUT2D eigenvalue weighted by atomic mass is 32.2. The molecule has 1 spiro atoms. The van der Waals surface area contributed by atoms with Crippen LogP contribution < -0.4 is 14.8 Å². The van der Waals surface area contributed by atoms with E-state index in [2.05, 4.69) is 10.2 Å². The van der Waals surface area contributed by atoms with Gasteiger partial charge in [-0.25, -0.2) is 12.8 Å². The van der Waals surface area contributed by atoms with Gasteiger partial charge in [0, 0.05) is 30.3 Å². The maximum Gasteiger partial charge on any atom is 0.243 e. The predicted octanol–water partition coefficient (Wildman–Crippen LogP) is 4.27. The van der Waals surface area contributed by atoms with E-state index < -0.39 is 21.4 Å². The average molecular weight is 546 g/mol. The molecule has 0 radical (unpaired) electrons. The molecule has 38 heavy (non-hydrogen) atoms. The van der Waals surface area contributed by atoms with Gasteiger partial charge in [-0.05, 0) is 88.4 Å². The first kappa shape index (κ1) is 26.9. The van der Waals surface area contributed by atoms with Crippen molar-refractivity contribution in [1.29, 1.82) is 0 Å². The van der Waals surface area contributed by atoms with E-state index in [0.717, 1.165) is 38.2 Å². The van der Waals surface area contributed by atoms with Gasteiger partial charge in [-0.3, -0.25) is 9.69 Å². The number of rotatable bonds is 5. The fourth-order valence-electron chi connectivity index (χ4n) is 5.70. The van der Waals surface area contributed by atoms with Gasteiger partial charge in [-0.1, -0.05) is 6.07 Å². The van der Waals surface area contributed by atoms with Gasteiger partial charge in [0.1, 0.15) is 5.82 Å². The first-order valence-corrected chi connectivity index (χ1v) is 14.7. The third kappa shape index (κ3) is 5.67. The van der Waals surface area contributed by atoms with Gasteiger partial charge in [0.05, 0.1) is 24.7 Å². The van der Waals surface area contributed by atoms with Crippen LogP contribution in [0.4, 0.5) is 10.1 Å². The molecule has 0 saturated carbocycles. The average Bonchev–Trinajstić information content (AvgIpc) is 3.12. The third-order valence-corrected chi connectivity index (χ3v) is 10.2. The molecule has 0 aromatic heterocycles. The Labute approximate surface area is 224 Å². The smallest absolute Gasteiger partial charge is 0.243 e. The molecule has 3 aliphatic heterocycles. The summed E-state index contributed by atoms with van der Waals surface area (Å²) in [5, 5.41) is 2.96. The van der Waals surface area contributed by atoms with Crippen LogP contribution >= 0.6 is 0 Å². The van der Waals surface area contributed by atoms with Gasteiger partial charge < -0.3 is 14.8 Å². The van der Waals surface area contributed by atoms with E-state index in [1.54, 1.807) is 10.4 Å². The Morgan fingerprint density at radius 1 is 1.00 bits per heavy atom. The SMILES string of the molecule is CC1(C)CCC2(CCN(CC(=O)Nc3ccc4c(c3)OCCCO4)CC2)CN1S(=O)(=O)c1cccc(F)c1. The van der Waals surface area contributed by atoms with Gasteiger partial charge in [0.15, 0.2) is 11.5 Å². The number of nitrogens with zero attached hydrogens (tertiary/aromatic N) is 2. The van der Waals surface area contributed by atoms with E-state index in [9.17, 15) is 17.6 Å². The number of benzene rings is 2. The largest absolute Gasteiger partial charge is 0.490 e. The molecule has 5 rings (SSSR count). The van der Waals surface area contributed by atoms with Crippen LogP contribution in [-0.2, 0) is 14.8 Å². The summed E-state index contributed by atoms with van der Waals surface area (Å²) in [5.74, 6) is 0.661. The van der Waals surface area contributed by atoms with Crippen LogP contribution in [0, 0.1) is 11.2 Å². The summed E-state index contributed by atoms with van der Waals surface area (Å²) in [5.41, 5.74) is -0.0479. The number of anilines is 1. The number of fused-ring (bicyclic) bond motifs is 1. The lowest BCUT2D eigenvalue weighted by Crippen LogP contribution is -2.59. The van der Waals surface area contributed by atoms with Crippen LogP contribution in [0.2, 0.25) is 0 Å². The maximum atomic E-state index is 13.8. The molecule has 0 unspecified atom stereocenters. The summed E-state index contributed by atoms with van der Waals surface area (Å²) in [4.78, 5) is 14.9. The second-order valence-corrected chi connectivity index (χ2v) is 13.2. The second kappa shape index (κ2) is 10.5. The standard InChI is InChI=1S/C28H36FN3O5S/c1-27(2)9-10-28(20-32(27)38(34,35)23-6-3-5-21(29)17-23)11-13-31(14-12-28)19-26(33)30-22-7-8-24-25(18-22)37-16-4-15-36-24/h3,5-8,17-18H,4,9-16,19-20H2,1-2H3,(H,30,33). The van der Waals surface area contributed by atoms with Crippen LogP contribution in [0.15, 0.2) is 47.4 Å². The van der Waals surface area contributed by atoms with Crippen LogP contribution in [-0.4, -0.2) is 68.5 Å². The first-order valence-electron chi connectivity index (χ1n) is 13.3. The zero-order valence-electron chi connectivity index (χ0n) is 22.0. The Kier molecular flexibility index (Phi) is 7.41. The van der Waals surface area contributed by atoms with Crippen LogP contribution in [0.3, 0.4) is 0 Å². The predicted molar refractivity (Wildman–Crippen MR) is 142 cm³/mol. The molecule has 3 aliphatic rings. The molecule has 2 aromatic rings. The van der Waals surface area contributed by atoms with Gasteiger partial charge >= 0.3 is 0 Å². The number of likely N-dealkylation sites (tertiary alicyclic amines) is 1. The molecular formula is C28H36FN3O5S. The van der Waals surface area contributed by atoms with E-state index in [1.165, 1.54) is 18.2 Å². The summed E-state index contributed by atoms with van der Waals surface area (Å²) in [6.45, 7) is 7.16. The Morgan fingerprint density at radius 3 is 2.47 bits per heavy atom. The zero-order chi connectivity index (χ0) is 27.0. The highest BCUT2D eigenvalue weighted by molar-refractivity contribution is 7.89. The van der Waals surface area contributed by atoms with Crippen molar-refractivity contribution in [3.8, 4) is 11.5 Å². The van der Waals surface area contributed by atoms with Crippen molar-refractivity contribution < 1.29 is 27.1 Å². The number of hydrogen-bond acceptors (Lipinski definition) is 6. The van der Waals surface area contributed by atoms with Crippen molar-refractivity contribution >= 4 is 21.6 Å². The summed E-state index contributed by atoms with van der Waals surface area (Å²) >= 11 is 0. The number of nitrogens with one attached hydrogen (secondary N) is 1.